The number of hydrogen-bond acceptors (Lipinski definition) is 14. The number of esters is 3. The van der Waals surface area contributed by atoms with Crippen molar-refractivity contribution in [1.29, 1.82) is 0 Å². The third-order valence-electron chi connectivity index (χ3n) is 16.4. The minimum atomic E-state index is -0.767. The standard InChI is InChI=1S/C70H134N2O13/c1-7-12-17-22-25-32-41-64(39-30-20-15-10-4)84-67(73)43-34-28-37-51-81-62-66(82-52-38-29-35-44-68(74)85-65(40-31-21-16-11-5)42-33-26-23-18-13-8-2)69(75)72(47-36-27-24-19-14-9-3)50-53-77-54-55-78-56-57-79-58-59-80-60-61-83-70(76)63-45-48-71(6)49-46-63/h63-66H,7-62H2,1-6H3. The molecule has 3 unspecified atom stereocenters. The molecule has 0 radical (unpaired) electrons. The Morgan fingerprint density at radius 3 is 1.24 bits per heavy atom. The third kappa shape index (κ3) is 51.1. The van der Waals surface area contributed by atoms with Crippen molar-refractivity contribution in [3.05, 3.63) is 0 Å². The Morgan fingerprint density at radius 2 is 0.776 bits per heavy atom. The molecule has 0 aromatic carbocycles. The van der Waals surface area contributed by atoms with Crippen molar-refractivity contribution in [2.24, 2.45) is 5.92 Å². The minimum Gasteiger partial charge on any atom is -0.463 e. The molecule has 0 N–H and O–H groups in total. The summed E-state index contributed by atoms with van der Waals surface area (Å²) in [5.41, 5.74) is 0. The molecule has 3 atom stereocenters. The summed E-state index contributed by atoms with van der Waals surface area (Å²) >= 11 is 0. The van der Waals surface area contributed by atoms with Gasteiger partial charge in [-0.25, -0.2) is 0 Å². The summed E-state index contributed by atoms with van der Waals surface area (Å²) in [6.45, 7) is 18.5. The first-order chi connectivity index (χ1) is 41.7. The topological polar surface area (TPSA) is 158 Å². The van der Waals surface area contributed by atoms with Gasteiger partial charge in [-0.1, -0.05) is 182 Å². The van der Waals surface area contributed by atoms with Gasteiger partial charge in [0.15, 0.2) is 6.10 Å². The van der Waals surface area contributed by atoms with Gasteiger partial charge in [0.1, 0.15) is 18.8 Å². The largest absolute Gasteiger partial charge is 0.463 e. The fraction of sp³-hybridized carbons (Fsp3) is 0.943. The van der Waals surface area contributed by atoms with Crippen LogP contribution in [0.3, 0.4) is 0 Å². The number of unbranched alkanes of at least 4 members (excludes halogenated alkanes) is 25. The quantitative estimate of drug-likeness (QED) is 0.0322. The number of rotatable bonds is 65. The molecule has 0 aliphatic carbocycles. The second-order valence-corrected chi connectivity index (χ2v) is 24.4. The molecule has 1 aliphatic heterocycles. The fourth-order valence-electron chi connectivity index (χ4n) is 10.8. The van der Waals surface area contributed by atoms with Crippen molar-refractivity contribution >= 4 is 23.8 Å². The Balaban J connectivity index is 2.76. The number of piperidine rings is 1. The van der Waals surface area contributed by atoms with E-state index in [-0.39, 0.29) is 55.2 Å². The maximum absolute atomic E-state index is 14.5. The predicted octanol–water partition coefficient (Wildman–Crippen LogP) is 15.9. The van der Waals surface area contributed by atoms with Crippen molar-refractivity contribution in [3.8, 4) is 0 Å². The van der Waals surface area contributed by atoms with Gasteiger partial charge in [0.2, 0.25) is 0 Å². The van der Waals surface area contributed by atoms with Gasteiger partial charge in [-0.3, -0.25) is 19.2 Å². The molecule has 15 heteroatoms. The van der Waals surface area contributed by atoms with E-state index in [4.69, 9.17) is 42.6 Å². The molecule has 0 aromatic heterocycles. The van der Waals surface area contributed by atoms with Crippen LogP contribution in [0.2, 0.25) is 0 Å². The maximum Gasteiger partial charge on any atom is 0.309 e. The number of likely N-dealkylation sites (tertiary alicyclic amines) is 1. The van der Waals surface area contributed by atoms with Crippen LogP contribution in [0.4, 0.5) is 0 Å². The Morgan fingerprint density at radius 1 is 0.400 bits per heavy atom. The van der Waals surface area contributed by atoms with E-state index in [0.717, 1.165) is 135 Å². The SMILES string of the molecule is CCCCCCCCC(CCCCCC)OC(=O)CCCCCOCC(OCCCCCC(=O)OC(CCCCCC)CCCCCCCC)C(=O)N(CCCCCCCC)CCOCCOCCOCCOCCOC(=O)C1CCN(C)CC1. The molecule has 15 nitrogen and oxygen atoms in total. The lowest BCUT2D eigenvalue weighted by Crippen LogP contribution is -2.45. The highest BCUT2D eigenvalue weighted by atomic mass is 16.6. The first-order valence-electron chi connectivity index (χ1n) is 35.7. The van der Waals surface area contributed by atoms with E-state index in [1.165, 1.54) is 122 Å². The summed E-state index contributed by atoms with van der Waals surface area (Å²) in [5, 5.41) is 0. The second kappa shape index (κ2) is 61.8. The number of nitrogens with zero attached hydrogens (tertiary/aromatic N) is 2. The van der Waals surface area contributed by atoms with Gasteiger partial charge >= 0.3 is 17.9 Å². The van der Waals surface area contributed by atoms with Crippen LogP contribution in [0.1, 0.15) is 291 Å². The molecule has 0 saturated carbocycles. The number of carbonyl (C=O) groups is 4. The number of amides is 1. The van der Waals surface area contributed by atoms with Crippen LogP contribution >= 0.6 is 0 Å². The third-order valence-corrected chi connectivity index (χ3v) is 16.4. The van der Waals surface area contributed by atoms with Crippen LogP contribution in [0.5, 0.6) is 0 Å². The Labute approximate surface area is 521 Å². The first-order valence-corrected chi connectivity index (χ1v) is 35.7. The van der Waals surface area contributed by atoms with Crippen molar-refractivity contribution in [3.63, 3.8) is 0 Å². The summed E-state index contributed by atoms with van der Waals surface area (Å²) < 4.78 is 53.2. The molecule has 0 bridgehead atoms. The predicted molar refractivity (Wildman–Crippen MR) is 345 cm³/mol. The zero-order chi connectivity index (χ0) is 61.7. The molecule has 1 saturated heterocycles. The Bertz CT molecular complexity index is 1480. The Kier molecular flexibility index (Phi) is 58.6. The van der Waals surface area contributed by atoms with Crippen LogP contribution in [-0.4, -0.2) is 164 Å². The van der Waals surface area contributed by atoms with Crippen LogP contribution in [0.15, 0.2) is 0 Å². The smallest absolute Gasteiger partial charge is 0.309 e. The average molecular weight is 1210 g/mol. The second-order valence-electron chi connectivity index (χ2n) is 24.4. The molecule has 1 aliphatic rings. The summed E-state index contributed by atoms with van der Waals surface area (Å²) in [6, 6.07) is 0. The van der Waals surface area contributed by atoms with Crippen molar-refractivity contribution in [1.82, 2.24) is 9.80 Å². The summed E-state index contributed by atoms with van der Waals surface area (Å²) in [5.74, 6) is -0.405. The van der Waals surface area contributed by atoms with Crippen LogP contribution in [-0.2, 0) is 61.8 Å². The first kappa shape index (κ1) is 80.6. The molecule has 1 rings (SSSR count). The van der Waals surface area contributed by atoms with E-state index in [1.54, 1.807) is 0 Å². The number of carbonyl (C=O) groups excluding carboxylic acids is 4. The van der Waals surface area contributed by atoms with E-state index < -0.39 is 6.10 Å². The van der Waals surface area contributed by atoms with Gasteiger partial charge in [-0.2, -0.15) is 0 Å². The van der Waals surface area contributed by atoms with E-state index in [2.05, 4.69) is 46.6 Å². The molecule has 1 heterocycles. The van der Waals surface area contributed by atoms with Crippen LogP contribution in [0.25, 0.3) is 0 Å². The van der Waals surface area contributed by atoms with E-state index in [9.17, 15) is 19.2 Å². The van der Waals surface area contributed by atoms with E-state index in [1.807, 2.05) is 4.90 Å². The van der Waals surface area contributed by atoms with Gasteiger partial charge in [0.05, 0.1) is 65.4 Å². The highest BCUT2D eigenvalue weighted by Crippen LogP contribution is 2.21. The highest BCUT2D eigenvalue weighted by Gasteiger charge is 2.27. The fourth-order valence-corrected chi connectivity index (χ4v) is 10.8. The van der Waals surface area contributed by atoms with Crippen molar-refractivity contribution in [2.75, 3.05) is 113 Å². The minimum absolute atomic E-state index is 0.00895. The van der Waals surface area contributed by atoms with Gasteiger partial charge in [0.25, 0.3) is 5.91 Å². The van der Waals surface area contributed by atoms with Crippen molar-refractivity contribution < 1.29 is 61.8 Å². The Hall–Kier alpha value is -2.40. The zero-order valence-corrected chi connectivity index (χ0v) is 56.1. The number of hydrogen-bond donors (Lipinski definition) is 0. The molecular weight excluding hydrogens is 1080 g/mol. The van der Waals surface area contributed by atoms with E-state index >= 15 is 0 Å². The van der Waals surface area contributed by atoms with Crippen molar-refractivity contribution in [2.45, 2.75) is 310 Å². The lowest BCUT2D eigenvalue weighted by atomic mass is 9.97. The van der Waals surface area contributed by atoms with Gasteiger partial charge in [0, 0.05) is 39.1 Å². The average Bonchev–Trinajstić information content (AvgIpc) is 3.64. The molecule has 1 fully saturated rings. The maximum atomic E-state index is 14.5. The van der Waals surface area contributed by atoms with Gasteiger partial charge in [-0.05, 0) is 116 Å². The summed E-state index contributed by atoms with van der Waals surface area (Å²) in [6.07, 6.45) is 41.1. The molecule has 0 spiro atoms. The van der Waals surface area contributed by atoms with Crippen LogP contribution in [0, 0.1) is 5.92 Å². The lowest BCUT2D eigenvalue weighted by molar-refractivity contribution is -0.152. The molecule has 502 valence electrons. The molecule has 0 aromatic rings. The summed E-state index contributed by atoms with van der Waals surface area (Å²) in [4.78, 5) is 57.0. The molecular formula is C70H134N2O13. The lowest BCUT2D eigenvalue weighted by Gasteiger charge is -2.28. The van der Waals surface area contributed by atoms with Crippen LogP contribution < -0.4 is 0 Å². The molecule has 85 heavy (non-hydrogen) atoms. The zero-order valence-electron chi connectivity index (χ0n) is 56.1. The highest BCUT2D eigenvalue weighted by molar-refractivity contribution is 5.81. The van der Waals surface area contributed by atoms with E-state index in [0.29, 0.717) is 92.0 Å². The van der Waals surface area contributed by atoms with Gasteiger partial charge in [-0.15, -0.1) is 0 Å². The summed E-state index contributed by atoms with van der Waals surface area (Å²) in [7, 11) is 2.07. The monoisotopic (exact) mass is 1210 g/mol. The molecule has 1 amide bonds. The normalized spacial score (nSPS) is 14.1. The number of ether oxygens (including phenoxy) is 9. The van der Waals surface area contributed by atoms with Gasteiger partial charge < -0.3 is 52.4 Å².